The van der Waals surface area contributed by atoms with Crippen LogP contribution in [0.2, 0.25) is 5.02 Å². The van der Waals surface area contributed by atoms with E-state index >= 15 is 0 Å². The highest BCUT2D eigenvalue weighted by Crippen LogP contribution is 2.30. The highest BCUT2D eigenvalue weighted by Gasteiger charge is 2.14. The molecule has 3 heterocycles. The van der Waals surface area contributed by atoms with Crippen LogP contribution in [0.5, 0.6) is 0 Å². The van der Waals surface area contributed by atoms with Crippen molar-refractivity contribution in [2.75, 3.05) is 17.7 Å². The topological polar surface area (TPSA) is 122 Å². The number of hydrogen-bond acceptors (Lipinski definition) is 6. The summed E-state index contributed by atoms with van der Waals surface area (Å²) in [6.45, 7) is 0. The third-order valence-electron chi connectivity index (χ3n) is 3.99. The van der Waals surface area contributed by atoms with Gasteiger partial charge in [-0.05, 0) is 36.4 Å². The molecule has 29 heavy (non-hydrogen) atoms. The molecule has 1 aromatic carbocycles. The van der Waals surface area contributed by atoms with Gasteiger partial charge in [0.1, 0.15) is 5.82 Å². The molecule has 10 heteroatoms. The Balaban J connectivity index is 1.64. The van der Waals surface area contributed by atoms with Crippen LogP contribution in [0.4, 0.5) is 16.2 Å². The number of carbonyl (C=O) groups excluding carboxylic acids is 2. The van der Waals surface area contributed by atoms with Crippen molar-refractivity contribution < 1.29 is 18.7 Å². The maximum absolute atomic E-state index is 12.2. The molecular formula is C19H14ClN5O4. The molecule has 0 fully saturated rings. The first-order chi connectivity index (χ1) is 14.0. The van der Waals surface area contributed by atoms with Crippen molar-refractivity contribution in [3.8, 4) is 11.4 Å². The van der Waals surface area contributed by atoms with Gasteiger partial charge in [-0.25, -0.2) is 14.8 Å². The van der Waals surface area contributed by atoms with Gasteiger partial charge >= 0.3 is 6.09 Å². The summed E-state index contributed by atoms with van der Waals surface area (Å²) in [6, 6.07) is 9.89. The minimum absolute atomic E-state index is 0.195. The number of nitrogens with zero attached hydrogens (tertiary/aromatic N) is 2. The van der Waals surface area contributed by atoms with Gasteiger partial charge in [-0.15, -0.1) is 0 Å². The molecule has 146 valence electrons. The van der Waals surface area contributed by atoms with Crippen molar-refractivity contribution in [2.45, 2.75) is 0 Å². The number of pyridine rings is 1. The van der Waals surface area contributed by atoms with Crippen LogP contribution >= 0.6 is 11.6 Å². The molecule has 3 N–H and O–H groups in total. The number of hydrogen-bond donors (Lipinski definition) is 3. The highest BCUT2D eigenvalue weighted by atomic mass is 35.5. The molecule has 0 aliphatic heterocycles. The van der Waals surface area contributed by atoms with Gasteiger partial charge in [0.15, 0.2) is 11.4 Å². The Morgan fingerprint density at radius 3 is 2.79 bits per heavy atom. The third kappa shape index (κ3) is 3.90. The molecule has 0 spiro atoms. The highest BCUT2D eigenvalue weighted by molar-refractivity contribution is 6.33. The van der Waals surface area contributed by atoms with Gasteiger partial charge in [0.25, 0.3) is 5.91 Å². The van der Waals surface area contributed by atoms with Crippen LogP contribution < -0.4 is 10.6 Å². The molecule has 9 nitrogen and oxygen atoms in total. The number of methoxy groups -OCH3 is 1. The van der Waals surface area contributed by atoms with Gasteiger partial charge in [-0.3, -0.25) is 10.1 Å². The second-order valence-corrected chi connectivity index (χ2v) is 6.33. The number of ether oxygens (including phenoxy) is 1. The number of halogens is 1. The van der Waals surface area contributed by atoms with E-state index in [9.17, 15) is 9.59 Å². The van der Waals surface area contributed by atoms with Crippen molar-refractivity contribution in [3.63, 3.8) is 0 Å². The standard InChI is InChI=1S/C19H14ClN5O4/c1-28-19(27)23-11-8-14-17(21-9-11)25-16(24-14)12-7-10(4-5-13(12)20)22-18(26)15-3-2-6-29-15/h2-9H,1H3,(H,22,26)(H,23,27)(H,21,24,25). The average molecular weight is 412 g/mol. The van der Waals surface area contributed by atoms with Crippen LogP contribution in [0.15, 0.2) is 53.3 Å². The fraction of sp³-hybridized carbons (Fsp3) is 0.0526. The molecule has 0 bridgehead atoms. The summed E-state index contributed by atoms with van der Waals surface area (Å²) in [5.74, 6) is 0.273. The first-order valence-corrected chi connectivity index (χ1v) is 8.77. The second-order valence-electron chi connectivity index (χ2n) is 5.92. The van der Waals surface area contributed by atoms with Crippen LogP contribution in [-0.2, 0) is 4.74 Å². The van der Waals surface area contributed by atoms with E-state index < -0.39 is 6.09 Å². The monoisotopic (exact) mass is 411 g/mol. The van der Waals surface area contributed by atoms with E-state index in [1.807, 2.05) is 0 Å². The molecule has 0 saturated carbocycles. The van der Waals surface area contributed by atoms with Gasteiger partial charge in [0.05, 0.1) is 35.8 Å². The lowest BCUT2D eigenvalue weighted by Gasteiger charge is -2.07. The Morgan fingerprint density at radius 2 is 2.03 bits per heavy atom. The number of aromatic amines is 1. The van der Waals surface area contributed by atoms with E-state index in [0.717, 1.165) is 0 Å². The van der Waals surface area contributed by atoms with E-state index in [-0.39, 0.29) is 11.7 Å². The lowest BCUT2D eigenvalue weighted by atomic mass is 10.2. The van der Waals surface area contributed by atoms with Gasteiger partial charge in [-0.2, -0.15) is 0 Å². The Morgan fingerprint density at radius 1 is 1.17 bits per heavy atom. The van der Waals surface area contributed by atoms with Gasteiger partial charge in [0.2, 0.25) is 0 Å². The molecule has 2 amide bonds. The van der Waals surface area contributed by atoms with Crippen molar-refractivity contribution in [3.05, 3.63) is 59.6 Å². The van der Waals surface area contributed by atoms with Gasteiger partial charge < -0.3 is 19.5 Å². The van der Waals surface area contributed by atoms with Crippen LogP contribution in [-0.4, -0.2) is 34.1 Å². The first kappa shape index (κ1) is 18.5. The number of H-pyrrole nitrogens is 1. The molecule has 0 unspecified atom stereocenters. The molecule has 0 aliphatic carbocycles. The quantitative estimate of drug-likeness (QED) is 0.460. The van der Waals surface area contributed by atoms with Crippen LogP contribution in [0.1, 0.15) is 10.6 Å². The molecular weight excluding hydrogens is 398 g/mol. The number of aromatic nitrogens is 3. The maximum atomic E-state index is 12.2. The molecule has 4 aromatic rings. The smallest absolute Gasteiger partial charge is 0.411 e. The number of carbonyl (C=O) groups is 2. The third-order valence-corrected chi connectivity index (χ3v) is 4.32. The molecule has 3 aromatic heterocycles. The van der Waals surface area contributed by atoms with Crippen molar-refractivity contribution in [1.82, 2.24) is 15.0 Å². The molecule has 0 atom stereocenters. The summed E-state index contributed by atoms with van der Waals surface area (Å²) >= 11 is 6.33. The largest absolute Gasteiger partial charge is 0.459 e. The summed E-state index contributed by atoms with van der Waals surface area (Å²) in [6.07, 6.45) is 2.28. The fourth-order valence-corrected chi connectivity index (χ4v) is 2.86. The predicted molar refractivity (Wildman–Crippen MR) is 107 cm³/mol. The lowest BCUT2D eigenvalue weighted by molar-refractivity contribution is 0.0996. The number of nitrogens with one attached hydrogen (secondary N) is 3. The predicted octanol–water partition coefficient (Wildman–Crippen LogP) is 4.30. The minimum Gasteiger partial charge on any atom is -0.459 e. The van der Waals surface area contributed by atoms with E-state index in [2.05, 4.69) is 30.3 Å². The number of imidazole rings is 1. The molecule has 0 saturated heterocycles. The Labute approximate surface area is 169 Å². The summed E-state index contributed by atoms with van der Waals surface area (Å²) in [4.78, 5) is 35.3. The van der Waals surface area contributed by atoms with Crippen molar-refractivity contribution in [2.24, 2.45) is 0 Å². The van der Waals surface area contributed by atoms with Crippen LogP contribution in [0.25, 0.3) is 22.6 Å². The number of fused-ring (bicyclic) bond motifs is 1. The van der Waals surface area contributed by atoms with Gasteiger partial charge in [-0.1, -0.05) is 11.6 Å². The number of anilines is 2. The van der Waals surface area contributed by atoms with E-state index in [1.165, 1.54) is 19.6 Å². The summed E-state index contributed by atoms with van der Waals surface area (Å²) in [5, 5.41) is 5.71. The Kier molecular flexibility index (Phi) is 4.88. The van der Waals surface area contributed by atoms with E-state index in [4.69, 9.17) is 16.0 Å². The number of furan rings is 1. The molecule has 4 rings (SSSR count). The lowest BCUT2D eigenvalue weighted by Crippen LogP contribution is -2.10. The van der Waals surface area contributed by atoms with Crippen LogP contribution in [0.3, 0.4) is 0 Å². The second kappa shape index (κ2) is 7.64. The molecule has 0 radical (unpaired) electrons. The summed E-state index contributed by atoms with van der Waals surface area (Å²) in [5.41, 5.74) is 2.58. The Bertz CT molecular complexity index is 1200. The average Bonchev–Trinajstić information content (AvgIpc) is 3.38. The SMILES string of the molecule is COC(=O)Nc1cnc2nc(-c3cc(NC(=O)c4ccco4)ccc3Cl)[nH]c2c1. The normalized spacial score (nSPS) is 10.7. The zero-order valence-electron chi connectivity index (χ0n) is 15.0. The minimum atomic E-state index is -0.603. The van der Waals surface area contributed by atoms with Crippen LogP contribution in [0, 0.1) is 0 Å². The number of amides is 2. The van der Waals surface area contributed by atoms with E-state index in [1.54, 1.807) is 36.4 Å². The van der Waals surface area contributed by atoms with Gasteiger partial charge in [0, 0.05) is 11.3 Å². The zero-order valence-corrected chi connectivity index (χ0v) is 15.8. The summed E-state index contributed by atoms with van der Waals surface area (Å²) in [7, 11) is 1.27. The molecule has 0 aliphatic rings. The number of benzene rings is 1. The zero-order chi connectivity index (χ0) is 20.4. The van der Waals surface area contributed by atoms with Crippen molar-refractivity contribution >= 4 is 46.1 Å². The maximum Gasteiger partial charge on any atom is 0.411 e. The fourth-order valence-electron chi connectivity index (χ4n) is 2.65. The number of rotatable bonds is 4. The van der Waals surface area contributed by atoms with Crippen molar-refractivity contribution in [1.29, 1.82) is 0 Å². The first-order valence-electron chi connectivity index (χ1n) is 8.39. The summed E-state index contributed by atoms with van der Waals surface area (Å²) < 4.78 is 9.65. The van der Waals surface area contributed by atoms with E-state index in [0.29, 0.717) is 38.9 Å². The Hall–Kier alpha value is -3.85.